The fourth-order valence-electron chi connectivity index (χ4n) is 1.97. The van der Waals surface area contributed by atoms with Gasteiger partial charge in [-0.05, 0) is 31.9 Å². The summed E-state index contributed by atoms with van der Waals surface area (Å²) in [6.07, 6.45) is 3.24. The van der Waals surface area contributed by atoms with Gasteiger partial charge < -0.3 is 19.3 Å². The lowest BCUT2D eigenvalue weighted by molar-refractivity contribution is -0.196. The average molecular weight is 340 g/mol. The molecule has 1 atom stereocenters. The van der Waals surface area contributed by atoms with Crippen LogP contribution in [0.25, 0.3) is 0 Å². The summed E-state index contributed by atoms with van der Waals surface area (Å²) in [5.74, 6) is -0.195. The Hall–Kier alpha value is -1.49. The van der Waals surface area contributed by atoms with Crippen LogP contribution in [-0.4, -0.2) is 31.5 Å². The largest absolute Gasteiger partial charge is 0.779 e. The molecule has 6 nitrogen and oxygen atoms in total. The van der Waals surface area contributed by atoms with Crippen molar-refractivity contribution in [3.05, 3.63) is 35.4 Å². The van der Waals surface area contributed by atoms with Gasteiger partial charge in [0.15, 0.2) is 5.78 Å². The highest BCUT2D eigenvalue weighted by atomic mass is 31.2. The SMILES string of the molecule is CC(=O)c1ccc(C(=O)NCCCCCCOP(C)(=O)[O-])cc1. The maximum atomic E-state index is 11.9. The highest BCUT2D eigenvalue weighted by molar-refractivity contribution is 7.50. The van der Waals surface area contributed by atoms with E-state index in [-0.39, 0.29) is 18.3 Å². The number of carbonyl (C=O) groups excluding carboxylic acids is 2. The zero-order valence-electron chi connectivity index (χ0n) is 13.5. The van der Waals surface area contributed by atoms with Crippen LogP contribution < -0.4 is 10.2 Å². The van der Waals surface area contributed by atoms with Crippen LogP contribution in [0.2, 0.25) is 0 Å². The van der Waals surface area contributed by atoms with Crippen LogP contribution in [0, 0.1) is 0 Å². The first-order valence-electron chi connectivity index (χ1n) is 7.62. The Bertz CT molecular complexity index is 564. The van der Waals surface area contributed by atoms with E-state index in [4.69, 9.17) is 0 Å². The third-order valence-electron chi connectivity index (χ3n) is 3.24. The number of ketones is 1. The minimum Gasteiger partial charge on any atom is -0.779 e. The molecule has 1 N–H and O–H groups in total. The van der Waals surface area contributed by atoms with E-state index in [1.807, 2.05) is 0 Å². The normalized spacial score (nSPS) is 13.3. The van der Waals surface area contributed by atoms with E-state index in [2.05, 4.69) is 9.84 Å². The number of hydrogen-bond acceptors (Lipinski definition) is 5. The number of unbranched alkanes of at least 4 members (excludes halogenated alkanes) is 3. The van der Waals surface area contributed by atoms with Gasteiger partial charge in [-0.15, -0.1) is 0 Å². The molecule has 1 rings (SSSR count). The van der Waals surface area contributed by atoms with Crippen LogP contribution in [0.3, 0.4) is 0 Å². The summed E-state index contributed by atoms with van der Waals surface area (Å²) in [4.78, 5) is 33.8. The van der Waals surface area contributed by atoms with Gasteiger partial charge >= 0.3 is 0 Å². The van der Waals surface area contributed by atoms with E-state index in [1.165, 1.54) is 6.92 Å². The molecular weight excluding hydrogens is 317 g/mol. The summed E-state index contributed by atoms with van der Waals surface area (Å²) in [6, 6.07) is 6.55. The van der Waals surface area contributed by atoms with E-state index in [0.717, 1.165) is 25.9 Å². The van der Waals surface area contributed by atoms with Gasteiger partial charge in [0.05, 0.1) is 6.61 Å². The fraction of sp³-hybridized carbons (Fsp3) is 0.500. The quantitative estimate of drug-likeness (QED) is 0.401. The van der Waals surface area contributed by atoms with Gasteiger partial charge in [0, 0.05) is 24.3 Å². The molecule has 0 saturated carbocycles. The highest BCUT2D eigenvalue weighted by Crippen LogP contribution is 2.30. The summed E-state index contributed by atoms with van der Waals surface area (Å²) >= 11 is 0. The van der Waals surface area contributed by atoms with Gasteiger partial charge in [0.2, 0.25) is 0 Å². The van der Waals surface area contributed by atoms with Crippen LogP contribution in [0.4, 0.5) is 0 Å². The van der Waals surface area contributed by atoms with E-state index in [9.17, 15) is 19.0 Å². The monoisotopic (exact) mass is 340 g/mol. The van der Waals surface area contributed by atoms with Crippen LogP contribution in [-0.2, 0) is 9.09 Å². The first kappa shape index (κ1) is 19.6. The summed E-state index contributed by atoms with van der Waals surface area (Å²) in [5.41, 5.74) is 1.11. The van der Waals surface area contributed by atoms with Crippen molar-refractivity contribution in [2.75, 3.05) is 19.8 Å². The Balaban J connectivity index is 2.14. The Morgan fingerprint density at radius 3 is 2.22 bits per heavy atom. The highest BCUT2D eigenvalue weighted by Gasteiger charge is 2.06. The van der Waals surface area contributed by atoms with Gasteiger partial charge in [-0.25, -0.2) is 0 Å². The second kappa shape index (κ2) is 9.60. The predicted octanol–water partition coefficient (Wildman–Crippen LogP) is 2.38. The van der Waals surface area contributed by atoms with Gasteiger partial charge in [0.1, 0.15) is 7.60 Å². The zero-order valence-corrected chi connectivity index (χ0v) is 14.4. The van der Waals surface area contributed by atoms with Gasteiger partial charge in [-0.2, -0.15) is 0 Å². The van der Waals surface area contributed by atoms with Gasteiger partial charge in [-0.1, -0.05) is 25.0 Å². The number of hydrogen-bond donors (Lipinski definition) is 1. The third kappa shape index (κ3) is 8.65. The summed E-state index contributed by atoms with van der Waals surface area (Å²) in [5, 5.41) is 2.81. The minimum atomic E-state index is -3.61. The Kier molecular flexibility index (Phi) is 8.17. The van der Waals surface area contributed by atoms with Crippen molar-refractivity contribution >= 4 is 19.3 Å². The van der Waals surface area contributed by atoms with Crippen molar-refractivity contribution in [3.63, 3.8) is 0 Å². The topological polar surface area (TPSA) is 95.5 Å². The average Bonchev–Trinajstić information content (AvgIpc) is 2.48. The molecule has 0 aliphatic rings. The van der Waals surface area contributed by atoms with Crippen LogP contribution in [0.15, 0.2) is 24.3 Å². The molecule has 0 radical (unpaired) electrons. The molecule has 23 heavy (non-hydrogen) atoms. The molecule has 1 amide bonds. The van der Waals surface area contributed by atoms with Crippen LogP contribution in [0.5, 0.6) is 0 Å². The molecule has 0 aromatic heterocycles. The lowest BCUT2D eigenvalue weighted by Crippen LogP contribution is -2.24. The van der Waals surface area contributed by atoms with E-state index in [0.29, 0.717) is 24.1 Å². The molecule has 0 bridgehead atoms. The Labute approximate surface area is 136 Å². The number of carbonyl (C=O) groups is 2. The van der Waals surface area contributed by atoms with Gasteiger partial charge in [-0.3, -0.25) is 9.59 Å². The molecule has 0 aliphatic carbocycles. The first-order chi connectivity index (χ1) is 10.8. The van der Waals surface area contributed by atoms with Crippen molar-refractivity contribution < 1.29 is 23.6 Å². The van der Waals surface area contributed by atoms with E-state index >= 15 is 0 Å². The smallest absolute Gasteiger partial charge is 0.251 e. The molecular formula is C16H23NO5P-. The maximum absolute atomic E-state index is 11.9. The van der Waals surface area contributed by atoms with Crippen LogP contribution in [0.1, 0.15) is 53.3 Å². The van der Waals surface area contributed by atoms with E-state index in [1.54, 1.807) is 24.3 Å². The molecule has 0 saturated heterocycles. The molecule has 1 aromatic rings. The second-order valence-corrected chi connectivity index (χ2v) is 7.21. The van der Waals surface area contributed by atoms with Crippen molar-refractivity contribution in [1.82, 2.24) is 5.32 Å². The lowest BCUT2D eigenvalue weighted by Gasteiger charge is -2.17. The third-order valence-corrected chi connectivity index (χ3v) is 3.89. The standard InChI is InChI=1S/C16H24NO5P/c1-13(18)14-7-9-15(10-8-14)16(19)17-11-5-3-4-6-12-22-23(2,20)21/h7-10H,3-6,11-12H2,1-2H3,(H,17,19)(H,20,21)/p-1. The van der Waals surface area contributed by atoms with Crippen molar-refractivity contribution in [2.45, 2.75) is 32.6 Å². The summed E-state index contributed by atoms with van der Waals surface area (Å²) in [7, 11) is -3.61. The molecule has 7 heteroatoms. The van der Waals surface area contributed by atoms with Crippen molar-refractivity contribution in [3.8, 4) is 0 Å². The maximum Gasteiger partial charge on any atom is 0.251 e. The molecule has 128 valence electrons. The summed E-state index contributed by atoms with van der Waals surface area (Å²) < 4.78 is 15.4. The Morgan fingerprint density at radius 1 is 1.09 bits per heavy atom. The number of amides is 1. The van der Waals surface area contributed by atoms with Crippen LogP contribution >= 0.6 is 7.60 Å². The molecule has 0 fully saturated rings. The second-order valence-electron chi connectivity index (χ2n) is 5.41. The predicted molar refractivity (Wildman–Crippen MR) is 86.7 cm³/mol. The molecule has 0 aliphatic heterocycles. The fourth-order valence-corrected chi connectivity index (χ4v) is 2.43. The summed E-state index contributed by atoms with van der Waals surface area (Å²) in [6.45, 7) is 3.32. The number of nitrogens with one attached hydrogen (secondary N) is 1. The zero-order chi connectivity index (χ0) is 17.3. The van der Waals surface area contributed by atoms with Crippen molar-refractivity contribution in [1.29, 1.82) is 0 Å². The minimum absolute atomic E-state index is 0.0302. The Morgan fingerprint density at radius 2 is 1.65 bits per heavy atom. The first-order valence-corrected chi connectivity index (χ1v) is 9.61. The molecule has 0 heterocycles. The number of benzene rings is 1. The number of Topliss-reactive ketones (excluding diaryl/α,β-unsaturated/α-hetero) is 1. The number of rotatable bonds is 10. The molecule has 1 aromatic carbocycles. The molecule has 0 spiro atoms. The lowest BCUT2D eigenvalue weighted by atomic mass is 10.1. The van der Waals surface area contributed by atoms with E-state index < -0.39 is 7.60 Å². The van der Waals surface area contributed by atoms with Crippen molar-refractivity contribution in [2.24, 2.45) is 0 Å². The van der Waals surface area contributed by atoms with Gasteiger partial charge in [0.25, 0.3) is 5.91 Å². The molecule has 1 unspecified atom stereocenters.